The SMILES string of the molecule is OCCCCCOc1c(Cl)cc(Cl)cc1CO. The quantitative estimate of drug-likeness (QED) is 0.754. The number of halogens is 2. The fraction of sp³-hybridized carbons (Fsp3) is 0.500. The van der Waals surface area contributed by atoms with Crippen molar-refractivity contribution in [2.24, 2.45) is 0 Å². The van der Waals surface area contributed by atoms with E-state index < -0.39 is 0 Å². The number of unbranched alkanes of at least 4 members (excludes halogenated alkanes) is 2. The molecule has 3 nitrogen and oxygen atoms in total. The van der Waals surface area contributed by atoms with Gasteiger partial charge in [-0.1, -0.05) is 23.2 Å². The molecule has 0 spiro atoms. The summed E-state index contributed by atoms with van der Waals surface area (Å²) in [6.07, 6.45) is 2.51. The molecule has 2 N–H and O–H groups in total. The summed E-state index contributed by atoms with van der Waals surface area (Å²) in [4.78, 5) is 0. The molecule has 0 aliphatic rings. The van der Waals surface area contributed by atoms with Crippen molar-refractivity contribution < 1.29 is 14.9 Å². The van der Waals surface area contributed by atoms with E-state index in [0.29, 0.717) is 28.0 Å². The zero-order valence-electron chi connectivity index (χ0n) is 9.46. The minimum absolute atomic E-state index is 0.160. The number of hydrogen-bond donors (Lipinski definition) is 2. The second-order valence-electron chi connectivity index (χ2n) is 3.67. The van der Waals surface area contributed by atoms with Gasteiger partial charge in [0, 0.05) is 17.2 Å². The smallest absolute Gasteiger partial charge is 0.143 e. The first-order valence-corrected chi connectivity index (χ1v) is 6.27. The fourth-order valence-electron chi connectivity index (χ4n) is 1.46. The van der Waals surface area contributed by atoms with Crippen LogP contribution in [0, 0.1) is 0 Å². The van der Waals surface area contributed by atoms with Crippen LogP contribution in [-0.4, -0.2) is 23.4 Å². The highest BCUT2D eigenvalue weighted by Gasteiger charge is 2.09. The number of benzene rings is 1. The Morgan fingerprint density at radius 3 is 2.47 bits per heavy atom. The summed E-state index contributed by atoms with van der Waals surface area (Å²) < 4.78 is 5.53. The van der Waals surface area contributed by atoms with Gasteiger partial charge < -0.3 is 14.9 Å². The molecule has 0 radical (unpaired) electrons. The van der Waals surface area contributed by atoms with Crippen molar-refractivity contribution in [1.82, 2.24) is 0 Å². The Morgan fingerprint density at radius 1 is 1.06 bits per heavy atom. The predicted molar refractivity (Wildman–Crippen MR) is 68.8 cm³/mol. The summed E-state index contributed by atoms with van der Waals surface area (Å²) in [5, 5.41) is 18.7. The number of rotatable bonds is 7. The van der Waals surface area contributed by atoms with Gasteiger partial charge in [0.15, 0.2) is 0 Å². The molecule has 0 aliphatic heterocycles. The second-order valence-corrected chi connectivity index (χ2v) is 4.51. The average Bonchev–Trinajstić information content (AvgIpc) is 2.30. The van der Waals surface area contributed by atoms with Crippen molar-refractivity contribution in [2.75, 3.05) is 13.2 Å². The Labute approximate surface area is 111 Å². The molecular weight excluding hydrogens is 263 g/mol. The van der Waals surface area contributed by atoms with E-state index in [1.54, 1.807) is 12.1 Å². The van der Waals surface area contributed by atoms with Gasteiger partial charge in [-0.25, -0.2) is 0 Å². The number of ether oxygens (including phenoxy) is 1. The fourth-order valence-corrected chi connectivity index (χ4v) is 2.05. The summed E-state index contributed by atoms with van der Waals surface area (Å²) >= 11 is 11.8. The zero-order valence-corrected chi connectivity index (χ0v) is 11.0. The third-order valence-corrected chi connectivity index (χ3v) is 2.80. The molecule has 17 heavy (non-hydrogen) atoms. The van der Waals surface area contributed by atoms with E-state index in [9.17, 15) is 5.11 Å². The normalized spacial score (nSPS) is 10.6. The van der Waals surface area contributed by atoms with Crippen LogP contribution in [0.3, 0.4) is 0 Å². The lowest BCUT2D eigenvalue weighted by molar-refractivity contribution is 0.252. The summed E-state index contributed by atoms with van der Waals surface area (Å²) in [5.41, 5.74) is 0.588. The van der Waals surface area contributed by atoms with E-state index in [1.807, 2.05) is 0 Å². The largest absolute Gasteiger partial charge is 0.492 e. The maximum Gasteiger partial charge on any atom is 0.143 e. The van der Waals surface area contributed by atoms with E-state index >= 15 is 0 Å². The van der Waals surface area contributed by atoms with E-state index in [2.05, 4.69) is 0 Å². The maximum atomic E-state index is 9.18. The maximum absolute atomic E-state index is 9.18. The first-order chi connectivity index (χ1) is 8.19. The minimum atomic E-state index is -0.160. The van der Waals surface area contributed by atoms with Crippen molar-refractivity contribution >= 4 is 23.2 Å². The van der Waals surface area contributed by atoms with E-state index in [1.165, 1.54) is 0 Å². The molecule has 0 heterocycles. The summed E-state index contributed by atoms with van der Waals surface area (Å²) in [5.74, 6) is 0.488. The van der Waals surface area contributed by atoms with Crippen LogP contribution < -0.4 is 4.74 Å². The topological polar surface area (TPSA) is 49.7 Å². The molecule has 0 saturated carbocycles. The van der Waals surface area contributed by atoms with Gasteiger partial charge in [-0.05, 0) is 31.4 Å². The summed E-state index contributed by atoms with van der Waals surface area (Å²) in [6, 6.07) is 3.22. The Morgan fingerprint density at radius 2 is 1.82 bits per heavy atom. The Bertz CT molecular complexity index is 356. The standard InChI is InChI=1S/C12H16Cl2O3/c13-10-6-9(8-16)12(11(14)7-10)17-5-3-1-2-4-15/h6-7,15-16H,1-5,8H2. The number of aliphatic hydroxyl groups excluding tert-OH is 2. The van der Waals surface area contributed by atoms with E-state index in [4.69, 9.17) is 33.0 Å². The average molecular weight is 279 g/mol. The Hall–Kier alpha value is -0.480. The van der Waals surface area contributed by atoms with Gasteiger partial charge in [-0.15, -0.1) is 0 Å². The molecular formula is C12H16Cl2O3. The van der Waals surface area contributed by atoms with Crippen LogP contribution in [0.2, 0.25) is 10.0 Å². The predicted octanol–water partition coefficient (Wildman–Crippen LogP) is 3.03. The van der Waals surface area contributed by atoms with Crippen LogP contribution in [0.1, 0.15) is 24.8 Å². The van der Waals surface area contributed by atoms with Crippen LogP contribution in [0.5, 0.6) is 5.75 Å². The Balaban J connectivity index is 2.57. The molecule has 1 aromatic rings. The molecule has 0 amide bonds. The molecule has 0 fully saturated rings. The molecule has 0 unspecified atom stereocenters. The molecule has 96 valence electrons. The van der Waals surface area contributed by atoms with Gasteiger partial charge in [-0.3, -0.25) is 0 Å². The van der Waals surface area contributed by atoms with Crippen molar-refractivity contribution in [3.05, 3.63) is 27.7 Å². The molecule has 5 heteroatoms. The lowest BCUT2D eigenvalue weighted by Crippen LogP contribution is -2.01. The van der Waals surface area contributed by atoms with Gasteiger partial charge in [0.2, 0.25) is 0 Å². The highest BCUT2D eigenvalue weighted by Crippen LogP contribution is 2.32. The van der Waals surface area contributed by atoms with Crippen molar-refractivity contribution in [2.45, 2.75) is 25.9 Å². The third kappa shape index (κ3) is 4.72. The summed E-state index contributed by atoms with van der Waals surface area (Å²) in [6.45, 7) is 0.546. The minimum Gasteiger partial charge on any atom is -0.492 e. The van der Waals surface area contributed by atoms with Crippen molar-refractivity contribution in [3.8, 4) is 5.75 Å². The van der Waals surface area contributed by atoms with Gasteiger partial charge >= 0.3 is 0 Å². The second kappa shape index (κ2) is 7.77. The lowest BCUT2D eigenvalue weighted by atomic mass is 10.2. The van der Waals surface area contributed by atoms with Gasteiger partial charge in [-0.2, -0.15) is 0 Å². The monoisotopic (exact) mass is 278 g/mol. The van der Waals surface area contributed by atoms with Gasteiger partial charge in [0.05, 0.1) is 18.2 Å². The molecule has 1 aromatic carbocycles. The van der Waals surface area contributed by atoms with Crippen LogP contribution in [-0.2, 0) is 6.61 Å². The van der Waals surface area contributed by atoms with Gasteiger partial charge in [0.1, 0.15) is 5.75 Å². The highest BCUT2D eigenvalue weighted by atomic mass is 35.5. The van der Waals surface area contributed by atoms with Crippen molar-refractivity contribution in [1.29, 1.82) is 0 Å². The van der Waals surface area contributed by atoms with E-state index in [0.717, 1.165) is 19.3 Å². The first kappa shape index (κ1) is 14.6. The number of aliphatic hydroxyl groups is 2. The van der Waals surface area contributed by atoms with Crippen LogP contribution in [0.25, 0.3) is 0 Å². The van der Waals surface area contributed by atoms with Crippen LogP contribution in [0.4, 0.5) is 0 Å². The molecule has 0 atom stereocenters. The molecule has 0 saturated heterocycles. The van der Waals surface area contributed by atoms with E-state index in [-0.39, 0.29) is 13.2 Å². The van der Waals surface area contributed by atoms with Crippen molar-refractivity contribution in [3.63, 3.8) is 0 Å². The van der Waals surface area contributed by atoms with Crippen LogP contribution >= 0.6 is 23.2 Å². The Kier molecular flexibility index (Phi) is 6.66. The molecule has 0 bridgehead atoms. The first-order valence-electron chi connectivity index (χ1n) is 5.51. The number of hydrogen-bond acceptors (Lipinski definition) is 3. The molecule has 0 aliphatic carbocycles. The lowest BCUT2D eigenvalue weighted by Gasteiger charge is -2.12. The van der Waals surface area contributed by atoms with Crippen LogP contribution in [0.15, 0.2) is 12.1 Å². The third-order valence-electron chi connectivity index (χ3n) is 2.30. The zero-order chi connectivity index (χ0) is 12.7. The molecule has 0 aromatic heterocycles. The highest BCUT2D eigenvalue weighted by molar-refractivity contribution is 6.35. The van der Waals surface area contributed by atoms with Gasteiger partial charge in [0.25, 0.3) is 0 Å². The molecule has 1 rings (SSSR count). The summed E-state index contributed by atoms with van der Waals surface area (Å²) in [7, 11) is 0.